The molecule has 1 saturated carbocycles. The summed E-state index contributed by atoms with van der Waals surface area (Å²) in [5.74, 6) is 0.865. The van der Waals surface area contributed by atoms with Gasteiger partial charge in [0, 0.05) is 35.4 Å². The summed E-state index contributed by atoms with van der Waals surface area (Å²) in [7, 11) is 3.60. The highest BCUT2D eigenvalue weighted by Gasteiger charge is 2.48. The topological polar surface area (TPSA) is 45.7 Å². The van der Waals surface area contributed by atoms with Crippen LogP contribution in [0.4, 0.5) is 0 Å². The average molecular weight is 423 g/mol. The van der Waals surface area contributed by atoms with Gasteiger partial charge in [-0.05, 0) is 25.5 Å². The molecule has 4 nitrogen and oxygen atoms in total. The number of hydrogen-bond donors (Lipinski definition) is 2. The average Bonchev–Trinajstić information content (AvgIpc) is 2.83. The van der Waals surface area contributed by atoms with E-state index >= 15 is 0 Å². The van der Waals surface area contributed by atoms with E-state index in [1.807, 2.05) is 18.4 Å². The highest BCUT2D eigenvalue weighted by Crippen LogP contribution is 2.42. The fourth-order valence-corrected chi connectivity index (χ4v) is 3.47. The first kappa shape index (κ1) is 18.7. The molecule has 0 radical (unpaired) electrons. The van der Waals surface area contributed by atoms with E-state index in [1.54, 1.807) is 7.11 Å². The lowest BCUT2D eigenvalue weighted by molar-refractivity contribution is -0.0922. The fraction of sp³-hybridized carbons (Fsp3) is 0.667. The van der Waals surface area contributed by atoms with Crippen LogP contribution in [0.3, 0.4) is 0 Å². The molecule has 0 bridgehead atoms. The molecule has 1 aromatic heterocycles. The normalized spacial score (nSPS) is 24.0. The van der Waals surface area contributed by atoms with Crippen LogP contribution in [-0.2, 0) is 11.3 Å². The van der Waals surface area contributed by atoms with Crippen molar-refractivity contribution in [1.82, 2.24) is 10.6 Å². The van der Waals surface area contributed by atoms with E-state index in [0.717, 1.165) is 18.9 Å². The third-order valence-corrected chi connectivity index (χ3v) is 5.22. The Labute approximate surface area is 148 Å². The van der Waals surface area contributed by atoms with Crippen LogP contribution >= 0.6 is 35.3 Å². The summed E-state index contributed by atoms with van der Waals surface area (Å²) in [5, 5.41) is 6.88. The Balaban J connectivity index is 0.00000220. The van der Waals surface area contributed by atoms with Gasteiger partial charge in [-0.15, -0.1) is 35.3 Å². The van der Waals surface area contributed by atoms with Gasteiger partial charge >= 0.3 is 0 Å². The highest BCUT2D eigenvalue weighted by atomic mass is 127. The van der Waals surface area contributed by atoms with Crippen LogP contribution in [0, 0.1) is 12.3 Å². The van der Waals surface area contributed by atoms with Crippen molar-refractivity contribution in [2.45, 2.75) is 45.9 Å². The van der Waals surface area contributed by atoms with Gasteiger partial charge in [-0.1, -0.05) is 13.8 Å². The highest BCUT2D eigenvalue weighted by molar-refractivity contribution is 14.0. The van der Waals surface area contributed by atoms with Gasteiger partial charge in [0.15, 0.2) is 5.96 Å². The van der Waals surface area contributed by atoms with Crippen LogP contribution in [0.2, 0.25) is 0 Å². The maximum Gasteiger partial charge on any atom is 0.191 e. The van der Waals surface area contributed by atoms with Crippen molar-refractivity contribution in [2.75, 3.05) is 14.2 Å². The summed E-state index contributed by atoms with van der Waals surface area (Å²) in [6.45, 7) is 7.42. The Kier molecular flexibility index (Phi) is 6.93. The number of ether oxygens (including phenoxy) is 1. The van der Waals surface area contributed by atoms with Crippen molar-refractivity contribution >= 4 is 41.3 Å². The lowest BCUT2D eigenvalue weighted by atomic mass is 9.64. The van der Waals surface area contributed by atoms with E-state index in [1.165, 1.54) is 9.75 Å². The second-order valence-electron chi connectivity index (χ2n) is 5.92. The number of rotatable bonds is 4. The summed E-state index contributed by atoms with van der Waals surface area (Å²) in [4.78, 5) is 6.97. The fourth-order valence-electron chi connectivity index (χ4n) is 2.64. The Bertz CT molecular complexity index is 487. The van der Waals surface area contributed by atoms with Gasteiger partial charge < -0.3 is 15.4 Å². The molecule has 1 aliphatic rings. The molecule has 0 saturated heterocycles. The molecular weight excluding hydrogens is 397 g/mol. The van der Waals surface area contributed by atoms with Crippen LogP contribution in [0.15, 0.2) is 17.1 Å². The maximum absolute atomic E-state index is 5.48. The van der Waals surface area contributed by atoms with E-state index in [2.05, 4.69) is 48.5 Å². The van der Waals surface area contributed by atoms with Gasteiger partial charge in [0.25, 0.3) is 0 Å². The smallest absolute Gasteiger partial charge is 0.191 e. The predicted octanol–water partition coefficient (Wildman–Crippen LogP) is 3.15. The molecule has 1 fully saturated rings. The Hall–Kier alpha value is -0.340. The molecule has 1 aliphatic carbocycles. The molecule has 2 N–H and O–H groups in total. The van der Waals surface area contributed by atoms with Gasteiger partial charge in [-0.2, -0.15) is 0 Å². The minimum Gasteiger partial charge on any atom is -0.381 e. The third-order valence-electron chi connectivity index (χ3n) is 4.22. The van der Waals surface area contributed by atoms with E-state index in [4.69, 9.17) is 4.74 Å². The molecule has 0 aromatic carbocycles. The molecule has 2 rings (SSSR count). The number of hydrogen-bond acceptors (Lipinski definition) is 3. The largest absolute Gasteiger partial charge is 0.381 e. The molecule has 0 aliphatic heterocycles. The number of aliphatic imine (C=N–C) groups is 1. The van der Waals surface area contributed by atoms with Crippen molar-refractivity contribution in [1.29, 1.82) is 0 Å². The maximum atomic E-state index is 5.48. The number of thiophene rings is 1. The monoisotopic (exact) mass is 423 g/mol. The lowest BCUT2D eigenvalue weighted by Crippen LogP contribution is -2.63. The van der Waals surface area contributed by atoms with Crippen LogP contribution < -0.4 is 10.6 Å². The van der Waals surface area contributed by atoms with Crippen molar-refractivity contribution in [3.63, 3.8) is 0 Å². The summed E-state index contributed by atoms with van der Waals surface area (Å²) >= 11 is 1.82. The van der Waals surface area contributed by atoms with E-state index in [9.17, 15) is 0 Å². The quantitative estimate of drug-likeness (QED) is 0.445. The lowest BCUT2D eigenvalue weighted by Gasteiger charge is -2.51. The molecule has 0 amide bonds. The molecule has 1 heterocycles. The summed E-state index contributed by atoms with van der Waals surface area (Å²) < 4.78 is 5.48. The Morgan fingerprint density at radius 3 is 2.67 bits per heavy atom. The van der Waals surface area contributed by atoms with Crippen LogP contribution in [0.25, 0.3) is 0 Å². The van der Waals surface area contributed by atoms with E-state index in [-0.39, 0.29) is 29.4 Å². The summed E-state index contributed by atoms with van der Waals surface area (Å²) in [6, 6.07) is 4.72. The van der Waals surface area contributed by atoms with Crippen LogP contribution in [0.5, 0.6) is 0 Å². The van der Waals surface area contributed by atoms with Gasteiger partial charge in [0.1, 0.15) is 0 Å². The molecule has 1 aromatic rings. The SMILES string of the molecule is CN=C(NCc1ccc(C)s1)NC1CC(OC)C1(C)C.I. The first-order chi connectivity index (χ1) is 9.47. The van der Waals surface area contributed by atoms with Crippen LogP contribution in [0.1, 0.15) is 30.0 Å². The second kappa shape index (κ2) is 7.78. The van der Waals surface area contributed by atoms with Crippen molar-refractivity contribution in [3.8, 4) is 0 Å². The summed E-state index contributed by atoms with van der Waals surface area (Å²) in [6.07, 6.45) is 1.36. The number of nitrogens with zero attached hydrogens (tertiary/aromatic N) is 1. The molecule has 2 unspecified atom stereocenters. The minimum atomic E-state index is 0. The first-order valence-electron chi connectivity index (χ1n) is 7.02. The zero-order valence-electron chi connectivity index (χ0n) is 13.4. The molecule has 21 heavy (non-hydrogen) atoms. The minimum absolute atomic E-state index is 0. The molecule has 0 spiro atoms. The van der Waals surface area contributed by atoms with Gasteiger partial charge in [0.05, 0.1) is 12.6 Å². The van der Waals surface area contributed by atoms with Crippen molar-refractivity contribution in [3.05, 3.63) is 21.9 Å². The molecule has 6 heteroatoms. The molecular formula is C15H26IN3OS. The zero-order valence-corrected chi connectivity index (χ0v) is 16.5. The Morgan fingerprint density at radius 2 is 2.19 bits per heavy atom. The first-order valence-corrected chi connectivity index (χ1v) is 7.84. The van der Waals surface area contributed by atoms with Crippen molar-refractivity contribution in [2.24, 2.45) is 10.4 Å². The number of methoxy groups -OCH3 is 1. The standard InChI is InChI=1S/C15H25N3OS.HI/c1-10-6-7-11(20-10)9-17-14(16-4)18-12-8-13(19-5)15(12,2)3;/h6-7,12-13H,8-9H2,1-5H3,(H2,16,17,18);1H. The van der Waals surface area contributed by atoms with Gasteiger partial charge in [0.2, 0.25) is 0 Å². The van der Waals surface area contributed by atoms with Gasteiger partial charge in [-0.25, -0.2) is 0 Å². The van der Waals surface area contributed by atoms with E-state index < -0.39 is 0 Å². The van der Waals surface area contributed by atoms with E-state index in [0.29, 0.717) is 12.1 Å². The summed E-state index contributed by atoms with van der Waals surface area (Å²) in [5.41, 5.74) is 0.145. The number of aryl methyl sites for hydroxylation is 1. The second-order valence-corrected chi connectivity index (χ2v) is 7.29. The third kappa shape index (κ3) is 4.32. The van der Waals surface area contributed by atoms with Crippen molar-refractivity contribution < 1.29 is 4.74 Å². The molecule has 120 valence electrons. The zero-order chi connectivity index (χ0) is 14.8. The number of halogens is 1. The number of guanidine groups is 1. The predicted molar refractivity (Wildman–Crippen MR) is 101 cm³/mol. The number of nitrogens with one attached hydrogen (secondary N) is 2. The molecule has 2 atom stereocenters. The van der Waals surface area contributed by atoms with Crippen LogP contribution in [-0.4, -0.2) is 32.3 Å². The Morgan fingerprint density at radius 1 is 1.48 bits per heavy atom. The van der Waals surface area contributed by atoms with Gasteiger partial charge in [-0.3, -0.25) is 4.99 Å².